The third kappa shape index (κ3) is 3.21. The van der Waals surface area contributed by atoms with E-state index in [1.165, 1.54) is 0 Å². The normalized spacial score (nSPS) is 12.9. The standard InChI is InChI=1S/C10H4F8O/c11-5-3-1-2-4(6(5)12)7(19)8(9(13,14)15)10(16,17)18/h1-3,8H. The fraction of sp³-hybridized carbons (Fsp3) is 0.300. The largest absolute Gasteiger partial charge is 0.407 e. The number of carbonyl (C=O) groups excluding carboxylic acids is 1. The summed E-state index contributed by atoms with van der Waals surface area (Å²) in [6, 6.07) is 1.45. The molecular formula is C10H4F8O. The molecule has 1 aromatic rings. The Morgan fingerprint density at radius 2 is 1.42 bits per heavy atom. The molecule has 0 aromatic heterocycles. The number of halogens is 8. The molecule has 1 rings (SSSR count). The Bertz CT molecular complexity index is 473. The van der Waals surface area contributed by atoms with Gasteiger partial charge < -0.3 is 0 Å². The first-order valence-corrected chi connectivity index (χ1v) is 4.58. The predicted molar refractivity (Wildman–Crippen MR) is 46.3 cm³/mol. The van der Waals surface area contributed by atoms with Crippen molar-refractivity contribution in [3.63, 3.8) is 0 Å². The molecule has 19 heavy (non-hydrogen) atoms. The van der Waals surface area contributed by atoms with E-state index < -0.39 is 41.3 Å². The van der Waals surface area contributed by atoms with Gasteiger partial charge in [-0.3, -0.25) is 4.79 Å². The molecule has 0 aliphatic heterocycles. The second-order valence-corrected chi connectivity index (χ2v) is 3.48. The zero-order valence-electron chi connectivity index (χ0n) is 8.74. The fourth-order valence-corrected chi connectivity index (χ4v) is 1.33. The van der Waals surface area contributed by atoms with Crippen molar-refractivity contribution in [1.29, 1.82) is 0 Å². The number of alkyl halides is 6. The molecule has 0 aliphatic rings. The number of hydrogen-bond acceptors (Lipinski definition) is 1. The molecule has 106 valence electrons. The van der Waals surface area contributed by atoms with Gasteiger partial charge in [0.25, 0.3) is 0 Å². The first-order valence-electron chi connectivity index (χ1n) is 4.58. The lowest BCUT2D eigenvalue weighted by atomic mass is 9.96. The van der Waals surface area contributed by atoms with Crippen LogP contribution in [0.4, 0.5) is 35.1 Å². The SMILES string of the molecule is O=C(c1cccc(F)c1F)C(C(F)(F)F)C(F)(F)F. The van der Waals surface area contributed by atoms with Gasteiger partial charge >= 0.3 is 12.4 Å². The lowest BCUT2D eigenvalue weighted by molar-refractivity contribution is -0.264. The van der Waals surface area contributed by atoms with Gasteiger partial charge in [0.15, 0.2) is 17.4 Å². The smallest absolute Gasteiger partial charge is 0.293 e. The van der Waals surface area contributed by atoms with E-state index in [1.807, 2.05) is 0 Å². The molecule has 0 bridgehead atoms. The van der Waals surface area contributed by atoms with Crippen molar-refractivity contribution in [1.82, 2.24) is 0 Å². The third-order valence-corrected chi connectivity index (χ3v) is 2.13. The first kappa shape index (κ1) is 15.4. The number of Topliss-reactive ketones (excluding diaryl/α,β-unsaturated/α-hetero) is 1. The molecule has 9 heteroatoms. The zero-order valence-corrected chi connectivity index (χ0v) is 8.74. The van der Waals surface area contributed by atoms with Gasteiger partial charge in [-0.15, -0.1) is 0 Å². The predicted octanol–water partition coefficient (Wildman–Crippen LogP) is 3.89. The molecule has 0 fully saturated rings. The van der Waals surface area contributed by atoms with E-state index in [-0.39, 0.29) is 0 Å². The number of benzene rings is 1. The van der Waals surface area contributed by atoms with E-state index in [0.717, 1.165) is 0 Å². The summed E-state index contributed by atoms with van der Waals surface area (Å²) in [5, 5.41) is 0. The van der Waals surface area contributed by atoms with E-state index in [9.17, 15) is 39.9 Å². The van der Waals surface area contributed by atoms with Gasteiger partial charge in [-0.2, -0.15) is 26.3 Å². The number of hydrogen-bond donors (Lipinski definition) is 0. The molecule has 1 aromatic carbocycles. The maximum Gasteiger partial charge on any atom is 0.407 e. The maximum absolute atomic E-state index is 13.1. The summed E-state index contributed by atoms with van der Waals surface area (Å²) in [5.41, 5.74) is -1.60. The Labute approximate surface area is 100 Å². The Balaban J connectivity index is 3.33. The summed E-state index contributed by atoms with van der Waals surface area (Å²) >= 11 is 0. The van der Waals surface area contributed by atoms with Crippen LogP contribution in [-0.2, 0) is 0 Å². The van der Waals surface area contributed by atoms with Crippen molar-refractivity contribution in [2.75, 3.05) is 0 Å². The van der Waals surface area contributed by atoms with Crippen molar-refractivity contribution >= 4 is 5.78 Å². The van der Waals surface area contributed by atoms with Crippen LogP contribution in [0.15, 0.2) is 18.2 Å². The van der Waals surface area contributed by atoms with Gasteiger partial charge in [-0.05, 0) is 12.1 Å². The Morgan fingerprint density at radius 1 is 0.947 bits per heavy atom. The van der Waals surface area contributed by atoms with E-state index in [1.54, 1.807) is 0 Å². The van der Waals surface area contributed by atoms with Crippen LogP contribution in [0.5, 0.6) is 0 Å². The molecule has 0 spiro atoms. The highest BCUT2D eigenvalue weighted by Crippen LogP contribution is 2.41. The highest BCUT2D eigenvalue weighted by Gasteiger charge is 2.61. The minimum atomic E-state index is -5.95. The monoisotopic (exact) mass is 292 g/mol. The van der Waals surface area contributed by atoms with Gasteiger partial charge in [0.1, 0.15) is 0 Å². The summed E-state index contributed by atoms with van der Waals surface area (Å²) in [7, 11) is 0. The highest BCUT2D eigenvalue weighted by molar-refractivity contribution is 5.99. The van der Waals surface area contributed by atoms with Crippen LogP contribution in [-0.4, -0.2) is 18.1 Å². The fourth-order valence-electron chi connectivity index (χ4n) is 1.33. The highest BCUT2D eigenvalue weighted by atomic mass is 19.4. The lowest BCUT2D eigenvalue weighted by Crippen LogP contribution is -2.42. The maximum atomic E-state index is 13.1. The van der Waals surface area contributed by atoms with Crippen molar-refractivity contribution in [3.8, 4) is 0 Å². The van der Waals surface area contributed by atoms with Gasteiger partial charge in [0.05, 0.1) is 5.56 Å². The molecule has 0 amide bonds. The molecular weight excluding hydrogens is 288 g/mol. The van der Waals surface area contributed by atoms with Crippen molar-refractivity contribution in [2.24, 2.45) is 5.92 Å². The second-order valence-electron chi connectivity index (χ2n) is 3.48. The minimum Gasteiger partial charge on any atom is -0.293 e. The molecule has 0 aliphatic carbocycles. The van der Waals surface area contributed by atoms with Gasteiger partial charge in [-0.25, -0.2) is 8.78 Å². The Morgan fingerprint density at radius 3 is 1.84 bits per heavy atom. The molecule has 0 radical (unpaired) electrons. The van der Waals surface area contributed by atoms with Crippen molar-refractivity contribution in [2.45, 2.75) is 12.4 Å². The van der Waals surface area contributed by atoms with Crippen molar-refractivity contribution < 1.29 is 39.9 Å². The molecule has 1 nitrogen and oxygen atoms in total. The summed E-state index contributed by atoms with van der Waals surface area (Å²) in [4.78, 5) is 11.2. The zero-order chi connectivity index (χ0) is 15.0. The van der Waals surface area contributed by atoms with E-state index in [4.69, 9.17) is 0 Å². The topological polar surface area (TPSA) is 17.1 Å². The van der Waals surface area contributed by atoms with Crippen LogP contribution in [0.2, 0.25) is 0 Å². The third-order valence-electron chi connectivity index (χ3n) is 2.13. The summed E-state index contributed by atoms with van der Waals surface area (Å²) in [6.07, 6.45) is -11.9. The summed E-state index contributed by atoms with van der Waals surface area (Å²) in [6.45, 7) is 0. The van der Waals surface area contributed by atoms with Crippen LogP contribution in [0.1, 0.15) is 10.4 Å². The average molecular weight is 292 g/mol. The van der Waals surface area contributed by atoms with Gasteiger partial charge in [0.2, 0.25) is 5.92 Å². The van der Waals surface area contributed by atoms with Gasteiger partial charge in [0, 0.05) is 0 Å². The van der Waals surface area contributed by atoms with E-state index in [2.05, 4.69) is 0 Å². The number of ketones is 1. The molecule has 0 N–H and O–H groups in total. The first-order chi connectivity index (χ1) is 8.46. The average Bonchev–Trinajstić information content (AvgIpc) is 2.17. The molecule has 0 saturated carbocycles. The Hall–Kier alpha value is -1.67. The van der Waals surface area contributed by atoms with Crippen molar-refractivity contribution in [3.05, 3.63) is 35.4 Å². The molecule has 0 unspecified atom stereocenters. The van der Waals surface area contributed by atoms with Crippen LogP contribution < -0.4 is 0 Å². The minimum absolute atomic E-state index is 0.352. The number of carbonyl (C=O) groups is 1. The van der Waals surface area contributed by atoms with Crippen LogP contribution in [0.3, 0.4) is 0 Å². The summed E-state index contributed by atoms with van der Waals surface area (Å²) < 4.78 is 99.1. The van der Waals surface area contributed by atoms with Crippen LogP contribution >= 0.6 is 0 Å². The summed E-state index contributed by atoms with van der Waals surface area (Å²) in [5.74, 6) is -10.7. The Kier molecular flexibility index (Phi) is 3.87. The lowest BCUT2D eigenvalue weighted by Gasteiger charge is -2.21. The van der Waals surface area contributed by atoms with E-state index in [0.29, 0.717) is 18.2 Å². The van der Waals surface area contributed by atoms with Crippen LogP contribution in [0.25, 0.3) is 0 Å². The molecule has 0 atom stereocenters. The number of rotatable bonds is 2. The molecule has 0 heterocycles. The second kappa shape index (κ2) is 4.78. The molecule has 0 saturated heterocycles. The van der Waals surface area contributed by atoms with Crippen LogP contribution in [0, 0.1) is 17.6 Å². The van der Waals surface area contributed by atoms with E-state index >= 15 is 0 Å². The quantitative estimate of drug-likeness (QED) is 0.597. The van der Waals surface area contributed by atoms with Gasteiger partial charge in [-0.1, -0.05) is 6.07 Å².